The number of piperazine rings is 1. The largest absolute Gasteiger partial charge is 0.348 e. The van der Waals surface area contributed by atoms with Crippen LogP contribution in [0.3, 0.4) is 0 Å². The van der Waals surface area contributed by atoms with Crippen LogP contribution in [0.4, 0.5) is 0 Å². The van der Waals surface area contributed by atoms with Gasteiger partial charge in [-0.25, -0.2) is 0 Å². The third-order valence-electron chi connectivity index (χ3n) is 10.4. The smallest absolute Gasteiger partial charge is 0.246 e. The standard InChI is InChI=1S/C32H46N6O2S/c1-4-28(39)38-18-17-37(20-24(38)12-15-33)30-26-11-14-32(13-10-23-8-5-7-22(2)29(23)41-32)19-27(26)34-31(35-30)40-21-25-9-6-16-36(25)3/h4-5,7-8,24-27,30-31,34-35H,1,6,9-14,16-21H2,2-3H3/t24?,25?,26?,27?,30?,31?,32-/m1/s1. The van der Waals surface area contributed by atoms with E-state index in [2.05, 4.69) is 77.0 Å². The number of likely N-dealkylation sites (tertiary alicyclic amines) is 1. The van der Waals surface area contributed by atoms with Crippen LogP contribution in [0.2, 0.25) is 0 Å². The van der Waals surface area contributed by atoms with Crippen molar-refractivity contribution in [3.8, 4) is 6.07 Å². The van der Waals surface area contributed by atoms with E-state index in [1.807, 2.05) is 4.90 Å². The van der Waals surface area contributed by atoms with Gasteiger partial charge in [0.15, 0.2) is 6.35 Å². The lowest BCUT2D eigenvalue weighted by atomic mass is 9.72. The summed E-state index contributed by atoms with van der Waals surface area (Å²) in [4.78, 5) is 20.8. The van der Waals surface area contributed by atoms with Gasteiger partial charge in [0.25, 0.3) is 0 Å². The van der Waals surface area contributed by atoms with Crippen LogP contribution in [-0.2, 0) is 16.0 Å². The molecule has 4 fully saturated rings. The Morgan fingerprint density at radius 3 is 2.90 bits per heavy atom. The van der Waals surface area contributed by atoms with Gasteiger partial charge in [-0.15, -0.1) is 11.8 Å². The van der Waals surface area contributed by atoms with Gasteiger partial charge < -0.3 is 14.5 Å². The molecular formula is C32H46N6O2S. The molecule has 1 spiro atoms. The molecule has 0 bridgehead atoms. The van der Waals surface area contributed by atoms with Gasteiger partial charge in [-0.1, -0.05) is 24.8 Å². The first kappa shape index (κ1) is 29.2. The van der Waals surface area contributed by atoms with Gasteiger partial charge in [0.05, 0.1) is 31.3 Å². The van der Waals surface area contributed by atoms with Crippen molar-refractivity contribution in [2.75, 3.05) is 39.8 Å². The molecule has 6 rings (SSSR count). The summed E-state index contributed by atoms with van der Waals surface area (Å²) in [5, 5.41) is 17.3. The molecule has 5 aliphatic rings. The molecule has 222 valence electrons. The molecule has 41 heavy (non-hydrogen) atoms. The molecule has 0 aromatic heterocycles. The molecular weight excluding hydrogens is 532 g/mol. The van der Waals surface area contributed by atoms with Gasteiger partial charge in [-0.2, -0.15) is 5.26 Å². The molecule has 3 saturated heterocycles. The number of rotatable bonds is 6. The van der Waals surface area contributed by atoms with Crippen LogP contribution < -0.4 is 10.6 Å². The molecule has 6 unspecified atom stereocenters. The summed E-state index contributed by atoms with van der Waals surface area (Å²) in [6.45, 7) is 9.91. The number of likely N-dealkylation sites (N-methyl/N-ethyl adjacent to an activating group) is 1. The number of hydrogen-bond acceptors (Lipinski definition) is 8. The number of nitrogens with zero attached hydrogens (tertiary/aromatic N) is 4. The monoisotopic (exact) mass is 578 g/mol. The lowest BCUT2D eigenvalue weighted by molar-refractivity contribution is -0.135. The molecule has 7 atom stereocenters. The average molecular weight is 579 g/mol. The zero-order valence-electron chi connectivity index (χ0n) is 24.7. The lowest BCUT2D eigenvalue weighted by Crippen LogP contribution is -2.72. The van der Waals surface area contributed by atoms with E-state index < -0.39 is 0 Å². The van der Waals surface area contributed by atoms with Crippen molar-refractivity contribution < 1.29 is 9.53 Å². The summed E-state index contributed by atoms with van der Waals surface area (Å²) < 4.78 is 6.84. The van der Waals surface area contributed by atoms with Crippen LogP contribution >= 0.6 is 11.8 Å². The predicted molar refractivity (Wildman–Crippen MR) is 162 cm³/mol. The first-order valence-corrected chi connectivity index (χ1v) is 16.4. The molecule has 4 aliphatic heterocycles. The van der Waals surface area contributed by atoms with E-state index in [0.29, 0.717) is 37.5 Å². The fraction of sp³-hybridized carbons (Fsp3) is 0.688. The van der Waals surface area contributed by atoms with E-state index in [1.165, 1.54) is 47.8 Å². The number of amides is 1. The summed E-state index contributed by atoms with van der Waals surface area (Å²) in [5.41, 5.74) is 2.92. The van der Waals surface area contributed by atoms with Crippen molar-refractivity contribution in [3.05, 3.63) is 42.0 Å². The maximum atomic E-state index is 12.6. The molecule has 1 saturated carbocycles. The SMILES string of the molecule is C=CC(=O)N1CCN(C2NC(OCC3CCCN3C)NC3C[C@@]4(CCc5cccc(C)c5S4)CCC32)CC1CC#N. The second-order valence-corrected chi connectivity index (χ2v) is 14.4. The number of carbonyl (C=O) groups excluding carboxylic acids is 1. The first-order valence-electron chi connectivity index (χ1n) is 15.6. The van der Waals surface area contributed by atoms with Gasteiger partial charge in [0, 0.05) is 47.3 Å². The summed E-state index contributed by atoms with van der Waals surface area (Å²) >= 11 is 2.14. The van der Waals surface area contributed by atoms with Crippen LogP contribution in [0, 0.1) is 24.2 Å². The number of nitrogens with one attached hydrogen (secondary N) is 2. The molecule has 0 radical (unpaired) electrons. The topological polar surface area (TPSA) is 83.9 Å². The van der Waals surface area contributed by atoms with Crippen molar-refractivity contribution >= 4 is 17.7 Å². The quantitative estimate of drug-likeness (QED) is 0.497. The highest BCUT2D eigenvalue weighted by atomic mass is 32.2. The van der Waals surface area contributed by atoms with Gasteiger partial charge in [-0.05, 0) is 82.7 Å². The Kier molecular flexibility index (Phi) is 8.79. The molecule has 9 heteroatoms. The Labute approximate surface area is 249 Å². The zero-order valence-corrected chi connectivity index (χ0v) is 25.5. The van der Waals surface area contributed by atoms with Crippen LogP contribution in [0.5, 0.6) is 0 Å². The van der Waals surface area contributed by atoms with Gasteiger partial charge in [-0.3, -0.25) is 20.3 Å². The van der Waals surface area contributed by atoms with Gasteiger partial charge in [0.1, 0.15) is 0 Å². The average Bonchev–Trinajstić information content (AvgIpc) is 3.40. The maximum Gasteiger partial charge on any atom is 0.246 e. The van der Waals surface area contributed by atoms with E-state index in [4.69, 9.17) is 4.74 Å². The second-order valence-electron chi connectivity index (χ2n) is 12.9. The van der Waals surface area contributed by atoms with Gasteiger partial charge >= 0.3 is 0 Å². The van der Waals surface area contributed by atoms with Crippen LogP contribution in [0.15, 0.2) is 35.7 Å². The minimum atomic E-state index is -0.213. The summed E-state index contributed by atoms with van der Waals surface area (Å²) in [5.74, 6) is 0.366. The molecule has 1 amide bonds. The molecule has 1 aromatic carbocycles. The van der Waals surface area contributed by atoms with E-state index >= 15 is 0 Å². The molecule has 8 nitrogen and oxygen atoms in total. The van der Waals surface area contributed by atoms with E-state index in [0.717, 1.165) is 39.0 Å². The Hall–Kier alpha value is -1.93. The van der Waals surface area contributed by atoms with Crippen molar-refractivity contribution in [1.82, 2.24) is 25.3 Å². The van der Waals surface area contributed by atoms with E-state index in [1.54, 1.807) is 0 Å². The number of ether oxygens (including phenoxy) is 1. The minimum Gasteiger partial charge on any atom is -0.348 e. The number of benzene rings is 1. The highest BCUT2D eigenvalue weighted by Gasteiger charge is 2.50. The molecule has 1 aromatic rings. The van der Waals surface area contributed by atoms with E-state index in [-0.39, 0.29) is 29.2 Å². The Balaban J connectivity index is 1.21. The maximum absolute atomic E-state index is 12.6. The lowest BCUT2D eigenvalue weighted by Gasteiger charge is -2.56. The number of fused-ring (bicyclic) bond motifs is 2. The fourth-order valence-electron chi connectivity index (χ4n) is 8.06. The molecule has 1 aliphatic carbocycles. The van der Waals surface area contributed by atoms with Crippen LogP contribution in [0.25, 0.3) is 0 Å². The normalized spacial score (nSPS) is 36.0. The number of aryl methyl sites for hydroxylation is 2. The van der Waals surface area contributed by atoms with Crippen molar-refractivity contribution in [1.29, 1.82) is 5.26 Å². The van der Waals surface area contributed by atoms with Crippen molar-refractivity contribution in [2.45, 2.75) is 98.6 Å². The minimum absolute atomic E-state index is 0.0764. The highest BCUT2D eigenvalue weighted by molar-refractivity contribution is 8.00. The number of thioether (sulfide) groups is 1. The van der Waals surface area contributed by atoms with Crippen LogP contribution in [-0.4, -0.2) is 95.8 Å². The number of nitriles is 1. The highest BCUT2D eigenvalue weighted by Crippen LogP contribution is 2.53. The molecule has 2 N–H and O–H groups in total. The Morgan fingerprint density at radius 1 is 1.24 bits per heavy atom. The third-order valence-corrected chi connectivity index (χ3v) is 12.2. The zero-order chi connectivity index (χ0) is 28.6. The van der Waals surface area contributed by atoms with E-state index in [9.17, 15) is 10.1 Å². The first-order chi connectivity index (χ1) is 19.9. The summed E-state index contributed by atoms with van der Waals surface area (Å²) in [6.07, 6.45) is 9.95. The Bertz CT molecular complexity index is 1170. The summed E-state index contributed by atoms with van der Waals surface area (Å²) in [7, 11) is 2.20. The van der Waals surface area contributed by atoms with Crippen molar-refractivity contribution in [2.24, 2.45) is 5.92 Å². The fourth-order valence-corrected chi connectivity index (χ4v) is 9.71. The molecule has 4 heterocycles. The predicted octanol–water partition coefficient (Wildman–Crippen LogP) is 3.47. The number of hydrogen-bond donors (Lipinski definition) is 2. The van der Waals surface area contributed by atoms with Crippen LogP contribution in [0.1, 0.15) is 56.1 Å². The Morgan fingerprint density at radius 2 is 2.12 bits per heavy atom. The second kappa shape index (κ2) is 12.4. The summed E-state index contributed by atoms with van der Waals surface area (Å²) in [6, 6.07) is 9.79. The third kappa shape index (κ3) is 5.97. The van der Waals surface area contributed by atoms with Gasteiger partial charge in [0.2, 0.25) is 5.91 Å². The van der Waals surface area contributed by atoms with Crippen molar-refractivity contribution in [3.63, 3.8) is 0 Å². The number of carbonyl (C=O) groups is 1.